The molecule has 30 heavy (non-hydrogen) atoms. The van der Waals surface area contributed by atoms with Crippen molar-refractivity contribution >= 4 is 44.9 Å². The zero-order chi connectivity index (χ0) is 20.7. The first kappa shape index (κ1) is 17.7. The zero-order valence-corrected chi connectivity index (χ0v) is 15.7. The second-order valence-electron chi connectivity index (χ2n) is 6.97. The van der Waals surface area contributed by atoms with Gasteiger partial charge in [-0.3, -0.25) is 10.1 Å². The van der Waals surface area contributed by atoms with Gasteiger partial charge in [0.15, 0.2) is 0 Å². The molecule has 0 amide bonds. The van der Waals surface area contributed by atoms with Crippen molar-refractivity contribution in [3.05, 3.63) is 82.3 Å². The van der Waals surface area contributed by atoms with Crippen LogP contribution in [-0.4, -0.2) is 24.9 Å². The van der Waals surface area contributed by atoms with Crippen molar-refractivity contribution in [2.75, 3.05) is 11.1 Å². The van der Waals surface area contributed by atoms with E-state index in [1.165, 1.54) is 0 Å². The molecule has 0 atom stereocenters. The molecule has 9 nitrogen and oxygen atoms in total. The van der Waals surface area contributed by atoms with Crippen molar-refractivity contribution in [3.63, 3.8) is 0 Å². The van der Waals surface area contributed by atoms with E-state index in [0.29, 0.717) is 0 Å². The Morgan fingerprint density at radius 2 is 1.67 bits per heavy atom. The summed E-state index contributed by atoms with van der Waals surface area (Å²) in [5.41, 5.74) is 9.58. The maximum absolute atomic E-state index is 11.6. The van der Waals surface area contributed by atoms with E-state index in [4.69, 9.17) is 5.73 Å². The fourth-order valence-corrected chi connectivity index (χ4v) is 3.56. The predicted octanol–water partition coefficient (Wildman–Crippen LogP) is 4.26. The van der Waals surface area contributed by atoms with Crippen molar-refractivity contribution in [2.45, 2.75) is 6.42 Å². The molecule has 0 saturated carbocycles. The Bertz CT molecular complexity index is 1400. The molecule has 2 aromatic carbocycles. The number of nitrogen functional groups attached to an aromatic ring is 1. The molecule has 5 N–H and O–H groups in total. The van der Waals surface area contributed by atoms with Crippen LogP contribution in [0.25, 0.3) is 21.8 Å². The van der Waals surface area contributed by atoms with E-state index in [-0.39, 0.29) is 29.6 Å². The highest BCUT2D eigenvalue weighted by Crippen LogP contribution is 2.29. The van der Waals surface area contributed by atoms with E-state index in [1.54, 1.807) is 0 Å². The van der Waals surface area contributed by atoms with Crippen LogP contribution in [0.1, 0.15) is 11.3 Å². The molecule has 9 heteroatoms. The number of nitro groups is 1. The van der Waals surface area contributed by atoms with Gasteiger partial charge in [0.1, 0.15) is 5.69 Å². The van der Waals surface area contributed by atoms with Crippen molar-refractivity contribution < 1.29 is 4.92 Å². The number of benzene rings is 2. The average Bonchev–Trinajstić information content (AvgIpc) is 3.35. The third-order valence-corrected chi connectivity index (χ3v) is 4.96. The predicted molar refractivity (Wildman–Crippen MR) is 116 cm³/mol. The fraction of sp³-hybridized carbons (Fsp3) is 0.0476. The maximum Gasteiger partial charge on any atom is 0.332 e. The Morgan fingerprint density at radius 3 is 2.40 bits per heavy atom. The van der Waals surface area contributed by atoms with Crippen molar-refractivity contribution in [2.24, 2.45) is 0 Å². The summed E-state index contributed by atoms with van der Waals surface area (Å²) in [6.07, 6.45) is 3.97. The largest absolute Gasteiger partial charge is 0.378 e. The molecular formula is C21H17N7O2. The van der Waals surface area contributed by atoms with Crippen LogP contribution in [0.3, 0.4) is 0 Å². The van der Waals surface area contributed by atoms with Gasteiger partial charge < -0.3 is 21.0 Å². The van der Waals surface area contributed by atoms with Crippen LogP contribution in [0, 0.1) is 10.1 Å². The summed E-state index contributed by atoms with van der Waals surface area (Å²) in [4.78, 5) is 25.9. The number of fused-ring (bicyclic) bond motifs is 2. The molecule has 0 aliphatic rings. The second kappa shape index (κ2) is 6.89. The van der Waals surface area contributed by atoms with E-state index >= 15 is 0 Å². The lowest BCUT2D eigenvalue weighted by atomic mass is 10.1. The highest BCUT2D eigenvalue weighted by Gasteiger charge is 2.23. The summed E-state index contributed by atoms with van der Waals surface area (Å²) in [5.74, 6) is 0.0450. The van der Waals surface area contributed by atoms with Crippen LogP contribution in [-0.2, 0) is 6.42 Å². The Labute approximate surface area is 170 Å². The number of rotatable bonds is 5. The van der Waals surface area contributed by atoms with Gasteiger partial charge in [0.2, 0.25) is 11.8 Å². The highest BCUT2D eigenvalue weighted by molar-refractivity contribution is 5.84. The number of nitrogens with one attached hydrogen (secondary N) is 3. The quantitative estimate of drug-likeness (QED) is 0.257. The zero-order valence-electron chi connectivity index (χ0n) is 15.7. The van der Waals surface area contributed by atoms with Crippen LogP contribution in [0.15, 0.2) is 60.9 Å². The Morgan fingerprint density at radius 1 is 0.967 bits per heavy atom. The molecule has 0 spiro atoms. The van der Waals surface area contributed by atoms with Gasteiger partial charge in [-0.05, 0) is 53.4 Å². The first-order chi connectivity index (χ1) is 14.6. The van der Waals surface area contributed by atoms with E-state index in [9.17, 15) is 10.1 Å². The van der Waals surface area contributed by atoms with Crippen LogP contribution >= 0.6 is 0 Å². The molecule has 0 aliphatic carbocycles. The molecule has 148 valence electrons. The third kappa shape index (κ3) is 3.18. The van der Waals surface area contributed by atoms with E-state index in [2.05, 4.69) is 25.3 Å². The number of hydrogen-bond acceptors (Lipinski definition) is 6. The van der Waals surface area contributed by atoms with Gasteiger partial charge in [-0.15, -0.1) is 0 Å². The lowest BCUT2D eigenvalue weighted by molar-refractivity contribution is -0.385. The molecule has 0 bridgehead atoms. The van der Waals surface area contributed by atoms with Crippen LogP contribution < -0.4 is 11.1 Å². The lowest BCUT2D eigenvalue weighted by Gasteiger charge is -2.10. The lowest BCUT2D eigenvalue weighted by Crippen LogP contribution is -2.09. The summed E-state index contributed by atoms with van der Waals surface area (Å²) in [6.45, 7) is 0. The summed E-state index contributed by atoms with van der Waals surface area (Å²) in [5, 5.41) is 16.8. The van der Waals surface area contributed by atoms with Gasteiger partial charge in [0.05, 0.1) is 4.92 Å². The van der Waals surface area contributed by atoms with Gasteiger partial charge in [0, 0.05) is 40.9 Å². The first-order valence-electron chi connectivity index (χ1n) is 9.28. The van der Waals surface area contributed by atoms with Crippen LogP contribution in [0.4, 0.5) is 23.1 Å². The van der Waals surface area contributed by atoms with Gasteiger partial charge in [-0.2, -0.15) is 4.98 Å². The minimum Gasteiger partial charge on any atom is -0.378 e. The van der Waals surface area contributed by atoms with Crippen molar-refractivity contribution in [1.29, 1.82) is 0 Å². The molecule has 5 aromatic rings. The number of nitrogens with two attached hydrogens (primary N) is 1. The maximum atomic E-state index is 11.6. The van der Waals surface area contributed by atoms with Gasteiger partial charge in [0.25, 0.3) is 0 Å². The number of aromatic amines is 2. The molecule has 0 fully saturated rings. The fourth-order valence-electron chi connectivity index (χ4n) is 3.56. The standard InChI is InChI=1S/C21H17N7O2/c22-20-19(28(29)30)18(10-12-1-3-16-13(9-12)5-7-23-16)26-21(27-20)25-15-2-4-17-14(11-15)6-8-24-17/h1-9,11,23-24H,10H2,(H3,22,25,26,27). The number of aromatic nitrogens is 4. The molecule has 3 heterocycles. The highest BCUT2D eigenvalue weighted by atomic mass is 16.6. The average molecular weight is 399 g/mol. The Kier molecular flexibility index (Phi) is 4.06. The molecule has 0 radical (unpaired) electrons. The summed E-state index contributed by atoms with van der Waals surface area (Å²) >= 11 is 0. The van der Waals surface area contributed by atoms with Crippen molar-refractivity contribution in [1.82, 2.24) is 19.9 Å². The molecule has 5 rings (SSSR count). The smallest absolute Gasteiger partial charge is 0.332 e. The van der Waals surface area contributed by atoms with Gasteiger partial charge in [-0.1, -0.05) is 6.07 Å². The third-order valence-electron chi connectivity index (χ3n) is 4.96. The molecule has 0 aliphatic heterocycles. The number of H-pyrrole nitrogens is 2. The second-order valence-corrected chi connectivity index (χ2v) is 6.97. The first-order valence-corrected chi connectivity index (χ1v) is 9.28. The molecule has 3 aromatic heterocycles. The van der Waals surface area contributed by atoms with E-state index in [0.717, 1.165) is 33.1 Å². The normalized spacial score (nSPS) is 11.2. The molecular weight excluding hydrogens is 382 g/mol. The summed E-state index contributed by atoms with van der Waals surface area (Å²) < 4.78 is 0. The molecule has 0 saturated heterocycles. The van der Waals surface area contributed by atoms with Crippen LogP contribution in [0.2, 0.25) is 0 Å². The Balaban J connectivity index is 1.52. The van der Waals surface area contributed by atoms with Crippen LogP contribution in [0.5, 0.6) is 0 Å². The van der Waals surface area contributed by atoms with E-state index in [1.807, 2.05) is 60.9 Å². The van der Waals surface area contributed by atoms with Gasteiger partial charge in [-0.25, -0.2) is 4.98 Å². The SMILES string of the molecule is Nc1nc(Nc2ccc3[nH]ccc3c2)nc(Cc2ccc3[nH]ccc3c2)c1[N+](=O)[O-]. The minimum atomic E-state index is -0.533. The topological polar surface area (TPSA) is 139 Å². The molecule has 0 unspecified atom stereocenters. The van der Waals surface area contributed by atoms with E-state index < -0.39 is 4.92 Å². The number of hydrogen-bond donors (Lipinski definition) is 4. The summed E-state index contributed by atoms with van der Waals surface area (Å²) in [7, 11) is 0. The van der Waals surface area contributed by atoms with Gasteiger partial charge >= 0.3 is 5.69 Å². The number of nitrogens with zero attached hydrogens (tertiary/aromatic N) is 3. The summed E-state index contributed by atoms with van der Waals surface area (Å²) in [6, 6.07) is 15.5. The van der Waals surface area contributed by atoms with Crippen molar-refractivity contribution in [3.8, 4) is 0 Å². The minimum absolute atomic E-state index is 0.169. The monoisotopic (exact) mass is 399 g/mol. The number of anilines is 3. The Hall–Kier alpha value is -4.40.